The summed E-state index contributed by atoms with van der Waals surface area (Å²) in [7, 11) is 0. The van der Waals surface area contributed by atoms with Gasteiger partial charge in [0.05, 0.1) is 11.8 Å². The molecule has 0 spiro atoms. The van der Waals surface area contributed by atoms with Gasteiger partial charge in [-0.25, -0.2) is 0 Å². The predicted octanol–water partition coefficient (Wildman–Crippen LogP) is 4.29. The zero-order chi connectivity index (χ0) is 20.6. The number of rotatable bonds is 8. The zero-order valence-electron chi connectivity index (χ0n) is 16.5. The van der Waals surface area contributed by atoms with E-state index in [1.54, 1.807) is 12.2 Å². The number of ether oxygens (including phenoxy) is 1. The molecular weight excluding hydrogens is 362 g/mol. The van der Waals surface area contributed by atoms with Crippen LogP contribution < -0.4 is 5.32 Å². The normalized spacial score (nSPS) is 23.2. The van der Waals surface area contributed by atoms with E-state index in [1.807, 2.05) is 60.7 Å². The number of amides is 1. The first-order valence-corrected chi connectivity index (χ1v) is 9.91. The van der Waals surface area contributed by atoms with Crippen molar-refractivity contribution in [1.29, 1.82) is 0 Å². The van der Waals surface area contributed by atoms with Gasteiger partial charge in [0.2, 0.25) is 5.91 Å². The molecule has 0 aromatic heterocycles. The number of carbonyl (C=O) groups excluding carboxylic acids is 2. The van der Waals surface area contributed by atoms with Crippen LogP contribution in [0.15, 0.2) is 86.0 Å². The summed E-state index contributed by atoms with van der Waals surface area (Å²) in [4.78, 5) is 26.0. The van der Waals surface area contributed by atoms with E-state index < -0.39 is 11.8 Å². The summed E-state index contributed by atoms with van der Waals surface area (Å²) in [5, 5.41) is 2.98. The minimum absolute atomic E-state index is 0.0944. The highest BCUT2D eigenvalue weighted by atomic mass is 16.5. The molecule has 2 aromatic rings. The van der Waals surface area contributed by atoms with Crippen LogP contribution in [0.2, 0.25) is 0 Å². The number of allylic oxidation sites excluding steroid dienone is 2. The predicted molar refractivity (Wildman–Crippen MR) is 113 cm³/mol. The fourth-order valence-electron chi connectivity index (χ4n) is 4.03. The standard InChI is InChI=1S/C25H27NO3/c1-3-20-15-21(4-2)23(25(28)29-17-19-13-9-6-10-14-19)22(20)24(27)26-16-18-11-7-5-8-12-18/h3-14,20-23H,1-2,15-17H2,(H,26,27). The smallest absolute Gasteiger partial charge is 0.310 e. The maximum Gasteiger partial charge on any atom is 0.310 e. The van der Waals surface area contributed by atoms with Gasteiger partial charge in [-0.2, -0.15) is 0 Å². The highest BCUT2D eigenvalue weighted by Crippen LogP contribution is 2.44. The second kappa shape index (κ2) is 9.87. The molecule has 0 saturated heterocycles. The minimum Gasteiger partial charge on any atom is -0.461 e. The summed E-state index contributed by atoms with van der Waals surface area (Å²) in [5.41, 5.74) is 1.93. The molecule has 0 aliphatic heterocycles. The van der Waals surface area contributed by atoms with Crippen LogP contribution in [0.1, 0.15) is 17.5 Å². The first kappa shape index (κ1) is 20.6. The molecule has 4 unspecified atom stereocenters. The van der Waals surface area contributed by atoms with Crippen LogP contribution in [0.5, 0.6) is 0 Å². The van der Waals surface area contributed by atoms with Crippen LogP contribution in [0.4, 0.5) is 0 Å². The van der Waals surface area contributed by atoms with Crippen molar-refractivity contribution in [1.82, 2.24) is 5.32 Å². The Morgan fingerprint density at radius 1 is 0.897 bits per heavy atom. The van der Waals surface area contributed by atoms with Crippen molar-refractivity contribution < 1.29 is 14.3 Å². The number of hydrogen-bond acceptors (Lipinski definition) is 3. The van der Waals surface area contributed by atoms with Gasteiger partial charge in [0.1, 0.15) is 6.61 Å². The van der Waals surface area contributed by atoms with Gasteiger partial charge in [0.15, 0.2) is 0 Å². The summed E-state index contributed by atoms with van der Waals surface area (Å²) in [6, 6.07) is 19.2. The lowest BCUT2D eigenvalue weighted by molar-refractivity contribution is -0.154. The van der Waals surface area contributed by atoms with Gasteiger partial charge >= 0.3 is 5.97 Å². The van der Waals surface area contributed by atoms with E-state index in [0.717, 1.165) is 11.1 Å². The van der Waals surface area contributed by atoms with Gasteiger partial charge in [-0.3, -0.25) is 9.59 Å². The first-order chi connectivity index (χ1) is 14.1. The maximum absolute atomic E-state index is 13.0. The molecule has 1 fully saturated rings. The SMILES string of the molecule is C=CC1CC(C=C)C(C(=O)OCc2ccccc2)C1C(=O)NCc1ccccc1. The largest absolute Gasteiger partial charge is 0.461 e. The van der Waals surface area contributed by atoms with Crippen molar-refractivity contribution in [2.75, 3.05) is 0 Å². The monoisotopic (exact) mass is 389 g/mol. The van der Waals surface area contributed by atoms with Crippen molar-refractivity contribution in [3.63, 3.8) is 0 Å². The fraction of sp³-hybridized carbons (Fsp3) is 0.280. The topological polar surface area (TPSA) is 55.4 Å². The van der Waals surface area contributed by atoms with E-state index in [9.17, 15) is 9.59 Å². The molecule has 0 bridgehead atoms. The van der Waals surface area contributed by atoms with E-state index in [0.29, 0.717) is 13.0 Å². The van der Waals surface area contributed by atoms with Crippen molar-refractivity contribution in [3.8, 4) is 0 Å². The summed E-state index contributed by atoms with van der Waals surface area (Å²) >= 11 is 0. The van der Waals surface area contributed by atoms with E-state index in [1.165, 1.54) is 0 Å². The van der Waals surface area contributed by atoms with Crippen molar-refractivity contribution >= 4 is 11.9 Å². The Kier molecular flexibility index (Phi) is 7.01. The molecule has 4 heteroatoms. The molecule has 1 aliphatic rings. The lowest BCUT2D eigenvalue weighted by Gasteiger charge is -2.23. The van der Waals surface area contributed by atoms with Crippen LogP contribution in [0.3, 0.4) is 0 Å². The molecule has 2 aromatic carbocycles. The molecule has 1 saturated carbocycles. The Bertz CT molecular complexity index is 775. The summed E-state index contributed by atoms with van der Waals surface area (Å²) in [6.45, 7) is 8.37. The van der Waals surface area contributed by atoms with Crippen LogP contribution in [0, 0.1) is 23.7 Å². The fourth-order valence-corrected chi connectivity index (χ4v) is 4.03. The van der Waals surface area contributed by atoms with Crippen molar-refractivity contribution in [2.24, 2.45) is 23.7 Å². The van der Waals surface area contributed by atoms with Crippen LogP contribution in [-0.4, -0.2) is 11.9 Å². The average molecular weight is 389 g/mol. The Morgan fingerprint density at radius 2 is 1.45 bits per heavy atom. The first-order valence-electron chi connectivity index (χ1n) is 9.91. The molecule has 4 atom stereocenters. The molecule has 1 N–H and O–H groups in total. The Labute approximate surface area is 172 Å². The Hall–Kier alpha value is -3.14. The quantitative estimate of drug-likeness (QED) is 0.541. The molecule has 1 aliphatic carbocycles. The van der Waals surface area contributed by atoms with Gasteiger partial charge < -0.3 is 10.1 Å². The molecule has 1 amide bonds. The highest BCUT2D eigenvalue weighted by Gasteiger charge is 2.49. The third-order valence-electron chi connectivity index (χ3n) is 5.57. The summed E-state index contributed by atoms with van der Waals surface area (Å²) < 4.78 is 5.58. The summed E-state index contributed by atoms with van der Waals surface area (Å²) in [6.07, 6.45) is 4.20. The van der Waals surface area contributed by atoms with Crippen LogP contribution >= 0.6 is 0 Å². The van der Waals surface area contributed by atoms with Crippen LogP contribution in [-0.2, 0) is 27.5 Å². The third-order valence-corrected chi connectivity index (χ3v) is 5.57. The zero-order valence-corrected chi connectivity index (χ0v) is 16.5. The minimum atomic E-state index is -0.560. The highest BCUT2D eigenvalue weighted by molar-refractivity contribution is 5.87. The lowest BCUT2D eigenvalue weighted by atomic mass is 9.86. The number of esters is 1. The molecule has 0 radical (unpaired) electrons. The molecule has 0 heterocycles. The lowest BCUT2D eigenvalue weighted by Crippen LogP contribution is -2.39. The number of benzene rings is 2. The third kappa shape index (κ3) is 5.02. The Morgan fingerprint density at radius 3 is 2.03 bits per heavy atom. The second-order valence-corrected chi connectivity index (χ2v) is 7.38. The molecule has 4 nitrogen and oxygen atoms in total. The van der Waals surface area contributed by atoms with E-state index in [-0.39, 0.29) is 30.3 Å². The second-order valence-electron chi connectivity index (χ2n) is 7.38. The van der Waals surface area contributed by atoms with E-state index in [2.05, 4.69) is 18.5 Å². The Balaban J connectivity index is 1.72. The number of carbonyl (C=O) groups is 2. The van der Waals surface area contributed by atoms with Crippen molar-refractivity contribution in [2.45, 2.75) is 19.6 Å². The van der Waals surface area contributed by atoms with Gasteiger partial charge in [0, 0.05) is 6.54 Å². The maximum atomic E-state index is 13.0. The molecule has 3 rings (SSSR count). The summed E-state index contributed by atoms with van der Waals surface area (Å²) in [5.74, 6) is -1.79. The van der Waals surface area contributed by atoms with E-state index >= 15 is 0 Å². The molecule has 29 heavy (non-hydrogen) atoms. The number of hydrogen-bond donors (Lipinski definition) is 1. The average Bonchev–Trinajstić information content (AvgIpc) is 3.16. The molecule has 150 valence electrons. The molecular formula is C25H27NO3. The van der Waals surface area contributed by atoms with E-state index in [4.69, 9.17) is 4.74 Å². The van der Waals surface area contributed by atoms with Gasteiger partial charge in [-0.1, -0.05) is 72.8 Å². The van der Waals surface area contributed by atoms with Crippen molar-refractivity contribution in [3.05, 3.63) is 97.1 Å². The van der Waals surface area contributed by atoms with Gasteiger partial charge in [-0.15, -0.1) is 13.2 Å². The van der Waals surface area contributed by atoms with Gasteiger partial charge in [0.25, 0.3) is 0 Å². The van der Waals surface area contributed by atoms with Gasteiger partial charge in [-0.05, 0) is 29.4 Å². The van der Waals surface area contributed by atoms with Crippen LogP contribution in [0.25, 0.3) is 0 Å². The number of nitrogens with one attached hydrogen (secondary N) is 1.